The van der Waals surface area contributed by atoms with Crippen LogP contribution in [0.1, 0.15) is 32.1 Å². The van der Waals surface area contributed by atoms with Gasteiger partial charge in [-0.05, 0) is 54.3 Å². The van der Waals surface area contributed by atoms with Gasteiger partial charge in [0.1, 0.15) is 11.9 Å². The average molecular weight is 374 g/mol. The molecule has 1 saturated carbocycles. The number of nitriles is 1. The fourth-order valence-electron chi connectivity index (χ4n) is 4.11. The Labute approximate surface area is 164 Å². The minimum absolute atomic E-state index is 0.222. The van der Waals surface area contributed by atoms with E-state index in [0.29, 0.717) is 0 Å². The van der Waals surface area contributed by atoms with E-state index in [4.69, 9.17) is 0 Å². The highest BCUT2D eigenvalue weighted by Crippen LogP contribution is 2.37. The van der Waals surface area contributed by atoms with Crippen LogP contribution in [0.2, 0.25) is 0 Å². The highest BCUT2D eigenvalue weighted by molar-refractivity contribution is 5.75. The van der Waals surface area contributed by atoms with Crippen molar-refractivity contribution in [2.45, 2.75) is 43.8 Å². The molecule has 0 amide bonds. The van der Waals surface area contributed by atoms with Crippen molar-refractivity contribution in [1.82, 2.24) is 5.32 Å². The standard InChI is InChI=1S/C23H23FN4/c24-19-6-4-5-18(15-19)17-7-9-20(10-8-17)28-23(12-2-1-3-13-23)21-11-14-26-22(16-25)27-21/h4-11,14-15,22,27-28H,1-3,12-13H2. The van der Waals surface area contributed by atoms with Crippen molar-refractivity contribution in [3.63, 3.8) is 0 Å². The zero-order valence-electron chi connectivity index (χ0n) is 15.7. The second kappa shape index (κ2) is 7.85. The molecule has 0 aromatic heterocycles. The lowest BCUT2D eigenvalue weighted by molar-refractivity contribution is 0.348. The number of rotatable bonds is 4. The maximum absolute atomic E-state index is 13.5. The molecule has 0 radical (unpaired) electrons. The summed E-state index contributed by atoms with van der Waals surface area (Å²) >= 11 is 0. The third-order valence-electron chi connectivity index (χ3n) is 5.54. The lowest BCUT2D eigenvalue weighted by Gasteiger charge is -2.42. The van der Waals surface area contributed by atoms with Crippen molar-refractivity contribution in [2.75, 3.05) is 5.32 Å². The molecule has 1 heterocycles. The topological polar surface area (TPSA) is 60.2 Å². The van der Waals surface area contributed by atoms with Gasteiger partial charge in [0.25, 0.3) is 0 Å². The van der Waals surface area contributed by atoms with Gasteiger partial charge in [0.15, 0.2) is 0 Å². The SMILES string of the molecule is N#CC1N=CC=C(C2(Nc3ccc(-c4cccc(F)c4)cc3)CCCCC2)N1. The molecular formula is C23H23FN4. The number of allylic oxidation sites excluding steroid dienone is 1. The number of hydrogen-bond acceptors (Lipinski definition) is 4. The number of hydrogen-bond donors (Lipinski definition) is 2. The second-order valence-electron chi connectivity index (χ2n) is 7.41. The summed E-state index contributed by atoms with van der Waals surface area (Å²) in [6, 6.07) is 16.9. The van der Waals surface area contributed by atoms with Gasteiger partial charge in [0, 0.05) is 17.6 Å². The normalized spacial score (nSPS) is 20.6. The molecule has 1 fully saturated rings. The number of nitrogens with zero attached hydrogens (tertiary/aromatic N) is 2. The Bertz CT molecular complexity index is 934. The van der Waals surface area contributed by atoms with E-state index in [1.165, 1.54) is 12.5 Å². The van der Waals surface area contributed by atoms with Crippen molar-refractivity contribution in [1.29, 1.82) is 5.26 Å². The molecule has 0 saturated heterocycles. The van der Waals surface area contributed by atoms with Gasteiger partial charge < -0.3 is 10.6 Å². The number of benzene rings is 2. The van der Waals surface area contributed by atoms with Gasteiger partial charge in [0.05, 0.1) is 5.54 Å². The van der Waals surface area contributed by atoms with Crippen LogP contribution >= 0.6 is 0 Å². The smallest absolute Gasteiger partial charge is 0.206 e. The van der Waals surface area contributed by atoms with E-state index in [9.17, 15) is 9.65 Å². The van der Waals surface area contributed by atoms with E-state index in [1.807, 2.05) is 36.4 Å². The van der Waals surface area contributed by atoms with Crippen LogP contribution in [0, 0.1) is 17.1 Å². The molecule has 1 aliphatic heterocycles. The largest absolute Gasteiger partial charge is 0.374 e. The Balaban J connectivity index is 1.58. The van der Waals surface area contributed by atoms with Crippen LogP contribution in [0.15, 0.2) is 65.3 Å². The van der Waals surface area contributed by atoms with Crippen LogP contribution in [0.3, 0.4) is 0 Å². The van der Waals surface area contributed by atoms with Crippen molar-refractivity contribution in [3.8, 4) is 17.2 Å². The zero-order chi connectivity index (χ0) is 19.4. The first-order chi connectivity index (χ1) is 13.7. The summed E-state index contributed by atoms with van der Waals surface area (Å²) in [4.78, 5) is 4.15. The summed E-state index contributed by atoms with van der Waals surface area (Å²) in [5.41, 5.74) is 3.67. The summed E-state index contributed by atoms with van der Waals surface area (Å²) in [6.07, 6.45) is 8.69. The van der Waals surface area contributed by atoms with Gasteiger partial charge in [-0.25, -0.2) is 4.39 Å². The maximum Gasteiger partial charge on any atom is 0.206 e. The monoisotopic (exact) mass is 374 g/mol. The fraction of sp³-hybridized carbons (Fsp3) is 0.304. The highest BCUT2D eigenvalue weighted by atomic mass is 19.1. The average Bonchev–Trinajstić information content (AvgIpc) is 2.75. The van der Waals surface area contributed by atoms with Crippen molar-refractivity contribution in [2.24, 2.45) is 4.99 Å². The van der Waals surface area contributed by atoms with Crippen LogP contribution in [-0.4, -0.2) is 17.9 Å². The van der Waals surface area contributed by atoms with Crippen LogP contribution in [-0.2, 0) is 0 Å². The third-order valence-corrected chi connectivity index (χ3v) is 5.54. The molecule has 1 atom stereocenters. The van der Waals surface area contributed by atoms with E-state index >= 15 is 0 Å². The summed E-state index contributed by atoms with van der Waals surface area (Å²) in [5, 5.41) is 16.2. The van der Waals surface area contributed by atoms with Gasteiger partial charge in [0.2, 0.25) is 6.17 Å². The molecule has 2 aromatic rings. The van der Waals surface area contributed by atoms with Crippen LogP contribution in [0.5, 0.6) is 0 Å². The molecule has 2 aliphatic rings. The molecule has 0 bridgehead atoms. The van der Waals surface area contributed by atoms with E-state index in [2.05, 4.69) is 21.7 Å². The Morgan fingerprint density at radius 3 is 2.57 bits per heavy atom. The second-order valence-corrected chi connectivity index (χ2v) is 7.41. The van der Waals surface area contributed by atoms with Crippen LogP contribution < -0.4 is 10.6 Å². The zero-order valence-corrected chi connectivity index (χ0v) is 15.7. The fourth-order valence-corrected chi connectivity index (χ4v) is 4.11. The Hall–Kier alpha value is -3.13. The number of anilines is 1. The predicted molar refractivity (Wildman–Crippen MR) is 110 cm³/mol. The van der Waals surface area contributed by atoms with Crippen LogP contribution in [0.25, 0.3) is 11.1 Å². The minimum atomic E-state index is -0.532. The molecule has 1 unspecified atom stereocenters. The highest BCUT2D eigenvalue weighted by Gasteiger charge is 2.37. The molecule has 4 nitrogen and oxygen atoms in total. The summed E-state index contributed by atoms with van der Waals surface area (Å²) < 4.78 is 13.5. The molecule has 5 heteroatoms. The molecule has 142 valence electrons. The first kappa shape index (κ1) is 18.2. The number of nitrogens with one attached hydrogen (secondary N) is 2. The van der Waals surface area contributed by atoms with E-state index in [0.717, 1.165) is 48.2 Å². The number of aliphatic imine (C=N–C) groups is 1. The van der Waals surface area contributed by atoms with E-state index < -0.39 is 6.17 Å². The predicted octanol–water partition coefficient (Wildman–Crippen LogP) is 5.02. The maximum atomic E-state index is 13.5. The summed E-state index contributed by atoms with van der Waals surface area (Å²) in [7, 11) is 0. The first-order valence-electron chi connectivity index (χ1n) is 9.73. The molecule has 2 aromatic carbocycles. The van der Waals surface area contributed by atoms with Gasteiger partial charge in [-0.3, -0.25) is 4.99 Å². The molecule has 1 aliphatic carbocycles. The minimum Gasteiger partial charge on any atom is -0.374 e. The molecular weight excluding hydrogens is 351 g/mol. The quantitative estimate of drug-likeness (QED) is 0.790. The van der Waals surface area contributed by atoms with Crippen molar-refractivity contribution in [3.05, 3.63) is 66.1 Å². The molecule has 4 rings (SSSR count). The van der Waals surface area contributed by atoms with Gasteiger partial charge >= 0.3 is 0 Å². The lowest BCUT2D eigenvalue weighted by atomic mass is 9.78. The van der Waals surface area contributed by atoms with Crippen LogP contribution in [0.4, 0.5) is 10.1 Å². The Kier molecular flexibility index (Phi) is 5.12. The van der Waals surface area contributed by atoms with Gasteiger partial charge in [-0.15, -0.1) is 0 Å². The number of halogens is 1. The van der Waals surface area contributed by atoms with Crippen molar-refractivity contribution >= 4 is 11.9 Å². The summed E-state index contributed by atoms with van der Waals surface area (Å²) in [5.74, 6) is -0.232. The molecule has 2 N–H and O–H groups in total. The first-order valence-corrected chi connectivity index (χ1v) is 9.73. The van der Waals surface area contributed by atoms with E-state index in [-0.39, 0.29) is 11.4 Å². The Morgan fingerprint density at radius 2 is 1.86 bits per heavy atom. The lowest BCUT2D eigenvalue weighted by Crippen LogP contribution is -2.49. The van der Waals surface area contributed by atoms with Gasteiger partial charge in [-0.1, -0.05) is 43.5 Å². The van der Waals surface area contributed by atoms with Gasteiger partial charge in [-0.2, -0.15) is 5.26 Å². The molecule has 28 heavy (non-hydrogen) atoms. The van der Waals surface area contributed by atoms with Crippen molar-refractivity contribution < 1.29 is 4.39 Å². The van der Waals surface area contributed by atoms with E-state index in [1.54, 1.807) is 18.3 Å². The third kappa shape index (κ3) is 3.77. The molecule has 0 spiro atoms. The summed E-state index contributed by atoms with van der Waals surface area (Å²) in [6.45, 7) is 0. The Morgan fingerprint density at radius 1 is 1.07 bits per heavy atom.